The van der Waals surface area contributed by atoms with Gasteiger partial charge >= 0.3 is 0 Å². The molecule has 20 heavy (non-hydrogen) atoms. The molecule has 1 aliphatic rings. The summed E-state index contributed by atoms with van der Waals surface area (Å²) in [5.74, 6) is -2.63. The number of rotatable bonds is 3. The maximum atomic E-state index is 13.6. The van der Waals surface area contributed by atoms with Crippen molar-refractivity contribution in [3.8, 4) is 0 Å². The molecule has 1 fully saturated rings. The average Bonchev–Trinajstić information content (AvgIpc) is 2.70. The molecule has 3 N–H and O–H groups in total. The molecule has 0 aromatic heterocycles. The Morgan fingerprint density at radius 1 is 1.40 bits per heavy atom. The number of hydrogen-bond acceptors (Lipinski definition) is 4. The van der Waals surface area contributed by atoms with Crippen LogP contribution < -0.4 is 11.1 Å². The van der Waals surface area contributed by atoms with Gasteiger partial charge in [0.25, 0.3) is 5.91 Å². The minimum atomic E-state index is -3.20. The fourth-order valence-electron chi connectivity index (χ4n) is 2.16. The number of carbonyl (C=O) groups excluding carboxylic acids is 1. The Morgan fingerprint density at radius 3 is 2.70 bits per heavy atom. The van der Waals surface area contributed by atoms with Crippen LogP contribution in [0.25, 0.3) is 0 Å². The van der Waals surface area contributed by atoms with Crippen molar-refractivity contribution in [2.45, 2.75) is 18.1 Å². The molecule has 1 heterocycles. The molecule has 2 rings (SSSR count). The van der Waals surface area contributed by atoms with Gasteiger partial charge in [-0.25, -0.2) is 17.2 Å². The quantitative estimate of drug-likeness (QED) is 0.810. The van der Waals surface area contributed by atoms with Gasteiger partial charge in [0.1, 0.15) is 5.82 Å². The van der Waals surface area contributed by atoms with Crippen LogP contribution in [0.2, 0.25) is 0 Å². The van der Waals surface area contributed by atoms with Gasteiger partial charge < -0.3 is 11.1 Å². The van der Waals surface area contributed by atoms with Crippen molar-refractivity contribution in [3.05, 3.63) is 29.3 Å². The van der Waals surface area contributed by atoms with Crippen LogP contribution in [0.4, 0.5) is 14.5 Å². The number of nitrogen functional groups attached to an aromatic ring is 1. The van der Waals surface area contributed by atoms with Crippen LogP contribution in [0.3, 0.4) is 0 Å². The van der Waals surface area contributed by atoms with Crippen molar-refractivity contribution in [1.82, 2.24) is 5.32 Å². The third kappa shape index (κ3) is 2.90. The predicted octanol–water partition coefficient (Wildman–Crippen LogP) is 0.854. The maximum Gasteiger partial charge on any atom is 0.254 e. The predicted molar refractivity (Wildman–Crippen MR) is 69.9 cm³/mol. The Morgan fingerprint density at radius 2 is 2.10 bits per heavy atom. The number of nitrogens with two attached hydrogens (primary N) is 1. The smallest absolute Gasteiger partial charge is 0.254 e. The minimum absolute atomic E-state index is 0.0921. The standard InChI is InChI=1S/C12H14F2N2O3S/c13-7-4-9(11(14)10(15)5-7)12(17)16-6-8-2-1-3-20(8,18)19/h4-5,8H,1-3,6,15H2,(H,16,17). The van der Waals surface area contributed by atoms with Crippen molar-refractivity contribution in [3.63, 3.8) is 0 Å². The zero-order valence-electron chi connectivity index (χ0n) is 10.5. The number of amides is 1. The first-order valence-corrected chi connectivity index (χ1v) is 7.77. The van der Waals surface area contributed by atoms with Crippen molar-refractivity contribution in [2.24, 2.45) is 0 Å². The monoisotopic (exact) mass is 304 g/mol. The van der Waals surface area contributed by atoms with Gasteiger partial charge in [-0.05, 0) is 25.0 Å². The summed E-state index contributed by atoms with van der Waals surface area (Å²) in [7, 11) is -3.20. The van der Waals surface area contributed by atoms with E-state index in [0.29, 0.717) is 12.8 Å². The highest BCUT2D eigenvalue weighted by atomic mass is 32.2. The van der Waals surface area contributed by atoms with E-state index < -0.39 is 43.9 Å². The lowest BCUT2D eigenvalue weighted by Crippen LogP contribution is -2.35. The second-order valence-corrected chi connectivity index (χ2v) is 7.10. The first-order chi connectivity index (χ1) is 9.31. The summed E-state index contributed by atoms with van der Waals surface area (Å²) < 4.78 is 49.9. The number of nitrogens with one attached hydrogen (secondary N) is 1. The lowest BCUT2D eigenvalue weighted by molar-refractivity contribution is 0.0949. The van der Waals surface area contributed by atoms with Crippen LogP contribution in [-0.4, -0.2) is 31.9 Å². The van der Waals surface area contributed by atoms with E-state index in [1.54, 1.807) is 0 Å². The van der Waals surface area contributed by atoms with Crippen molar-refractivity contribution >= 4 is 21.4 Å². The minimum Gasteiger partial charge on any atom is -0.396 e. The van der Waals surface area contributed by atoms with Gasteiger partial charge in [0.15, 0.2) is 15.7 Å². The fraction of sp³-hybridized carbons (Fsp3) is 0.417. The highest BCUT2D eigenvalue weighted by Gasteiger charge is 2.31. The second kappa shape index (κ2) is 5.35. The highest BCUT2D eigenvalue weighted by molar-refractivity contribution is 7.92. The lowest BCUT2D eigenvalue weighted by atomic mass is 10.1. The summed E-state index contributed by atoms with van der Waals surface area (Å²) >= 11 is 0. The molecule has 1 amide bonds. The molecule has 1 unspecified atom stereocenters. The molecule has 1 atom stereocenters. The van der Waals surface area contributed by atoms with Gasteiger partial charge in [-0.2, -0.15) is 0 Å². The number of halogens is 2. The van der Waals surface area contributed by atoms with Crippen LogP contribution in [0.1, 0.15) is 23.2 Å². The van der Waals surface area contributed by atoms with E-state index in [9.17, 15) is 22.0 Å². The third-order valence-electron chi connectivity index (χ3n) is 3.26. The summed E-state index contributed by atoms with van der Waals surface area (Å²) in [6, 6.07) is 1.50. The zero-order chi connectivity index (χ0) is 14.9. The zero-order valence-corrected chi connectivity index (χ0v) is 11.3. The Bertz CT molecular complexity index is 646. The Labute approximate surface area is 115 Å². The first-order valence-electron chi connectivity index (χ1n) is 6.05. The number of carbonyl (C=O) groups is 1. The van der Waals surface area contributed by atoms with Crippen molar-refractivity contribution in [1.29, 1.82) is 0 Å². The van der Waals surface area contributed by atoms with Crippen molar-refractivity contribution in [2.75, 3.05) is 18.0 Å². The van der Waals surface area contributed by atoms with Crippen LogP contribution in [0.15, 0.2) is 12.1 Å². The molecule has 8 heteroatoms. The summed E-state index contributed by atoms with van der Waals surface area (Å²) in [5.41, 5.74) is 4.23. The molecule has 1 saturated heterocycles. The second-order valence-electron chi connectivity index (χ2n) is 4.70. The molecule has 1 aromatic carbocycles. The molecule has 0 bridgehead atoms. The Kier molecular flexibility index (Phi) is 3.94. The SMILES string of the molecule is Nc1cc(F)cc(C(=O)NCC2CCCS2(=O)=O)c1F. The Balaban J connectivity index is 2.10. The summed E-state index contributed by atoms with van der Waals surface area (Å²) in [4.78, 5) is 11.8. The van der Waals surface area contributed by atoms with Crippen molar-refractivity contribution < 1.29 is 22.0 Å². The highest BCUT2D eigenvalue weighted by Crippen LogP contribution is 2.20. The van der Waals surface area contributed by atoms with Gasteiger partial charge in [-0.15, -0.1) is 0 Å². The largest absolute Gasteiger partial charge is 0.396 e. The van der Waals surface area contributed by atoms with E-state index in [-0.39, 0.29) is 12.3 Å². The van der Waals surface area contributed by atoms with Gasteiger partial charge in [-0.3, -0.25) is 4.79 Å². The molecule has 0 spiro atoms. The summed E-state index contributed by atoms with van der Waals surface area (Å²) in [5, 5.41) is 1.65. The van der Waals surface area contributed by atoms with Crippen LogP contribution in [0.5, 0.6) is 0 Å². The molecule has 0 aliphatic carbocycles. The maximum absolute atomic E-state index is 13.6. The fourth-order valence-corrected chi connectivity index (χ4v) is 3.93. The molecule has 0 radical (unpaired) electrons. The first kappa shape index (κ1) is 14.7. The molecular weight excluding hydrogens is 290 g/mol. The summed E-state index contributed by atoms with van der Waals surface area (Å²) in [6.07, 6.45) is 1.00. The lowest BCUT2D eigenvalue weighted by Gasteiger charge is -2.11. The van der Waals surface area contributed by atoms with Crippen LogP contribution in [-0.2, 0) is 9.84 Å². The summed E-state index contributed by atoms with van der Waals surface area (Å²) in [6.45, 7) is -0.114. The van der Waals surface area contributed by atoms with Crippen LogP contribution in [0, 0.1) is 11.6 Å². The number of benzene rings is 1. The number of hydrogen-bond donors (Lipinski definition) is 2. The van der Waals surface area contributed by atoms with Gasteiger partial charge in [0, 0.05) is 6.54 Å². The number of sulfone groups is 1. The van der Waals surface area contributed by atoms with E-state index in [1.165, 1.54) is 0 Å². The van der Waals surface area contributed by atoms with E-state index in [2.05, 4.69) is 5.32 Å². The number of anilines is 1. The topological polar surface area (TPSA) is 89.3 Å². The van der Waals surface area contributed by atoms with Crippen LogP contribution >= 0.6 is 0 Å². The van der Waals surface area contributed by atoms with Gasteiger partial charge in [0.2, 0.25) is 0 Å². The normalized spacial score (nSPS) is 20.8. The molecule has 0 saturated carbocycles. The average molecular weight is 304 g/mol. The molecule has 1 aromatic rings. The van der Waals surface area contributed by atoms with E-state index in [1.807, 2.05) is 0 Å². The molecule has 110 valence electrons. The van der Waals surface area contributed by atoms with Gasteiger partial charge in [0.05, 0.1) is 22.3 Å². The Hall–Kier alpha value is -1.70. The van der Waals surface area contributed by atoms with E-state index in [0.717, 1.165) is 12.1 Å². The van der Waals surface area contributed by atoms with E-state index in [4.69, 9.17) is 5.73 Å². The third-order valence-corrected chi connectivity index (χ3v) is 5.54. The molecule has 1 aliphatic heterocycles. The molecule has 5 nitrogen and oxygen atoms in total. The van der Waals surface area contributed by atoms with Gasteiger partial charge in [-0.1, -0.05) is 0 Å². The van der Waals surface area contributed by atoms with E-state index >= 15 is 0 Å². The molecular formula is C12H14F2N2O3S.